The molecule has 0 spiro atoms. The van der Waals surface area contributed by atoms with E-state index in [0.717, 1.165) is 12.1 Å². The van der Waals surface area contributed by atoms with Crippen molar-refractivity contribution in [2.45, 2.75) is 116 Å². The SMILES string of the molecule is CCCCCCCCCCCCCCCCCC[n+]1cccc(C#N)c1.[Br-]. The van der Waals surface area contributed by atoms with Crippen LogP contribution >= 0.6 is 0 Å². The maximum absolute atomic E-state index is 8.91. The number of halogens is 1. The molecule has 0 saturated heterocycles. The van der Waals surface area contributed by atoms with E-state index in [1.54, 1.807) is 0 Å². The highest BCUT2D eigenvalue weighted by molar-refractivity contribution is 5.21. The molecule has 1 aromatic rings. The van der Waals surface area contributed by atoms with Crippen molar-refractivity contribution >= 4 is 0 Å². The van der Waals surface area contributed by atoms with Gasteiger partial charge in [-0.3, -0.25) is 0 Å². The smallest absolute Gasteiger partial charge is 0.186 e. The van der Waals surface area contributed by atoms with E-state index in [4.69, 9.17) is 5.26 Å². The van der Waals surface area contributed by atoms with Gasteiger partial charge in [-0.2, -0.15) is 5.26 Å². The monoisotopic (exact) mass is 436 g/mol. The molecule has 154 valence electrons. The second-order valence-corrected chi connectivity index (χ2v) is 7.75. The zero-order valence-corrected chi connectivity index (χ0v) is 19.2. The predicted molar refractivity (Wildman–Crippen MR) is 111 cm³/mol. The summed E-state index contributed by atoms with van der Waals surface area (Å²) < 4.78 is 2.14. The summed E-state index contributed by atoms with van der Waals surface area (Å²) in [6.45, 7) is 3.32. The van der Waals surface area contributed by atoms with Gasteiger partial charge in [0.25, 0.3) is 0 Å². The molecule has 0 aliphatic heterocycles. The largest absolute Gasteiger partial charge is 1.00 e. The summed E-state index contributed by atoms with van der Waals surface area (Å²) in [6, 6.07) is 6.03. The Morgan fingerprint density at radius 2 is 1.19 bits per heavy atom. The van der Waals surface area contributed by atoms with E-state index in [0.29, 0.717) is 0 Å². The molecular formula is C24H41BrN2. The van der Waals surface area contributed by atoms with E-state index in [-0.39, 0.29) is 17.0 Å². The Morgan fingerprint density at radius 1 is 0.741 bits per heavy atom. The first-order valence-electron chi connectivity index (χ1n) is 11.3. The van der Waals surface area contributed by atoms with Crippen LogP contribution in [-0.2, 0) is 6.54 Å². The molecule has 0 fully saturated rings. The van der Waals surface area contributed by atoms with E-state index < -0.39 is 0 Å². The van der Waals surface area contributed by atoms with Crippen LogP contribution in [0.1, 0.15) is 115 Å². The Balaban J connectivity index is 0.00000676. The predicted octanol–water partition coefficient (Wildman–Crippen LogP) is 4.11. The third-order valence-corrected chi connectivity index (χ3v) is 5.26. The van der Waals surface area contributed by atoms with Gasteiger partial charge in [-0.25, -0.2) is 4.57 Å². The van der Waals surface area contributed by atoms with Crippen LogP contribution < -0.4 is 21.5 Å². The van der Waals surface area contributed by atoms with E-state index in [1.807, 2.05) is 18.3 Å². The molecule has 1 rings (SSSR count). The van der Waals surface area contributed by atoms with Gasteiger partial charge in [0.15, 0.2) is 12.4 Å². The summed E-state index contributed by atoms with van der Waals surface area (Å²) >= 11 is 0. The zero-order valence-electron chi connectivity index (χ0n) is 17.6. The second-order valence-electron chi connectivity index (χ2n) is 7.75. The molecule has 2 nitrogen and oxygen atoms in total. The van der Waals surface area contributed by atoms with Crippen molar-refractivity contribution in [2.75, 3.05) is 0 Å². The van der Waals surface area contributed by atoms with Crippen LogP contribution in [0.15, 0.2) is 24.5 Å². The molecule has 0 bridgehead atoms. The number of hydrogen-bond donors (Lipinski definition) is 0. The van der Waals surface area contributed by atoms with Crippen molar-refractivity contribution in [3.05, 3.63) is 30.1 Å². The van der Waals surface area contributed by atoms with Crippen molar-refractivity contribution in [3.8, 4) is 6.07 Å². The van der Waals surface area contributed by atoms with E-state index >= 15 is 0 Å². The molecule has 0 aromatic carbocycles. The van der Waals surface area contributed by atoms with Crippen LogP contribution in [0.2, 0.25) is 0 Å². The molecule has 0 unspecified atom stereocenters. The normalized spacial score (nSPS) is 10.4. The molecule has 1 aromatic heterocycles. The van der Waals surface area contributed by atoms with Crippen molar-refractivity contribution in [1.29, 1.82) is 5.26 Å². The van der Waals surface area contributed by atoms with Gasteiger partial charge in [-0.1, -0.05) is 96.8 Å². The van der Waals surface area contributed by atoms with Crippen LogP contribution in [0.3, 0.4) is 0 Å². The number of rotatable bonds is 17. The lowest BCUT2D eigenvalue weighted by molar-refractivity contribution is -0.697. The number of hydrogen-bond acceptors (Lipinski definition) is 1. The lowest BCUT2D eigenvalue weighted by Crippen LogP contribution is -3.00. The number of aromatic nitrogens is 1. The minimum absolute atomic E-state index is 0. The van der Waals surface area contributed by atoms with Gasteiger partial charge in [0.2, 0.25) is 0 Å². The Morgan fingerprint density at radius 3 is 1.63 bits per heavy atom. The molecular weight excluding hydrogens is 396 g/mol. The van der Waals surface area contributed by atoms with Crippen molar-refractivity contribution < 1.29 is 21.5 Å². The van der Waals surface area contributed by atoms with Gasteiger partial charge >= 0.3 is 0 Å². The van der Waals surface area contributed by atoms with E-state index in [1.165, 1.54) is 103 Å². The lowest BCUT2D eigenvalue weighted by atomic mass is 10.0. The topological polar surface area (TPSA) is 27.7 Å². The molecule has 0 atom stereocenters. The van der Waals surface area contributed by atoms with Crippen LogP contribution in [0.25, 0.3) is 0 Å². The van der Waals surface area contributed by atoms with Gasteiger partial charge < -0.3 is 17.0 Å². The molecule has 0 aliphatic carbocycles. The van der Waals surface area contributed by atoms with Gasteiger partial charge in [0, 0.05) is 12.5 Å². The first-order valence-corrected chi connectivity index (χ1v) is 11.3. The summed E-state index contributed by atoms with van der Waals surface area (Å²) in [4.78, 5) is 0. The summed E-state index contributed by atoms with van der Waals surface area (Å²) in [5.41, 5.74) is 0.754. The molecule has 0 aliphatic rings. The molecule has 1 heterocycles. The molecule has 0 radical (unpaired) electrons. The Bertz CT molecular complexity index is 482. The summed E-state index contributed by atoms with van der Waals surface area (Å²) in [6.07, 6.45) is 26.5. The van der Waals surface area contributed by atoms with Crippen molar-refractivity contribution in [1.82, 2.24) is 0 Å². The van der Waals surface area contributed by atoms with Gasteiger partial charge in [-0.05, 0) is 12.5 Å². The minimum Gasteiger partial charge on any atom is -1.00 e. The summed E-state index contributed by atoms with van der Waals surface area (Å²) in [7, 11) is 0. The van der Waals surface area contributed by atoms with Crippen LogP contribution in [0, 0.1) is 11.3 Å². The maximum Gasteiger partial charge on any atom is 0.186 e. The molecule has 0 saturated carbocycles. The Kier molecular flexibility index (Phi) is 19.2. The number of unbranched alkanes of at least 4 members (excludes halogenated alkanes) is 15. The minimum atomic E-state index is 0. The fourth-order valence-corrected chi connectivity index (χ4v) is 3.57. The highest BCUT2D eigenvalue weighted by atomic mass is 79.9. The fourth-order valence-electron chi connectivity index (χ4n) is 3.57. The fraction of sp³-hybridized carbons (Fsp3) is 0.750. The lowest BCUT2D eigenvalue weighted by Gasteiger charge is -2.03. The molecule has 27 heavy (non-hydrogen) atoms. The number of nitriles is 1. The summed E-state index contributed by atoms with van der Waals surface area (Å²) in [5.74, 6) is 0. The van der Waals surface area contributed by atoms with Crippen LogP contribution in [0.4, 0.5) is 0 Å². The van der Waals surface area contributed by atoms with Crippen molar-refractivity contribution in [3.63, 3.8) is 0 Å². The summed E-state index contributed by atoms with van der Waals surface area (Å²) in [5, 5.41) is 8.91. The quantitative estimate of drug-likeness (QED) is 0.266. The van der Waals surface area contributed by atoms with Crippen LogP contribution in [-0.4, -0.2) is 0 Å². The third-order valence-electron chi connectivity index (χ3n) is 5.26. The first kappa shape index (κ1) is 26.1. The van der Waals surface area contributed by atoms with Crippen LogP contribution in [0.5, 0.6) is 0 Å². The number of nitrogens with zero attached hydrogens (tertiary/aromatic N) is 2. The Hall–Kier alpha value is -0.880. The highest BCUT2D eigenvalue weighted by Crippen LogP contribution is 2.13. The van der Waals surface area contributed by atoms with E-state index in [2.05, 4.69) is 23.8 Å². The number of aryl methyl sites for hydroxylation is 1. The average molecular weight is 438 g/mol. The Labute approximate surface area is 179 Å². The van der Waals surface area contributed by atoms with Gasteiger partial charge in [-0.15, -0.1) is 0 Å². The second kappa shape index (κ2) is 19.9. The molecule has 0 N–H and O–H groups in total. The highest BCUT2D eigenvalue weighted by Gasteiger charge is 2.01. The van der Waals surface area contributed by atoms with E-state index in [9.17, 15) is 0 Å². The van der Waals surface area contributed by atoms with Gasteiger partial charge in [0.1, 0.15) is 18.2 Å². The van der Waals surface area contributed by atoms with Crippen molar-refractivity contribution in [2.24, 2.45) is 0 Å². The first-order chi connectivity index (χ1) is 12.9. The standard InChI is InChI=1S/C24H41N2.BrH/c1-2-3-4-5-6-7-8-9-10-11-12-13-14-15-16-17-20-26-21-18-19-24(22-25)23-26;/h18-19,21,23H,2-17,20H2,1H3;1H/q+1;/p-1. The number of pyridine rings is 1. The molecule has 3 heteroatoms. The third kappa shape index (κ3) is 15.8. The average Bonchev–Trinajstić information content (AvgIpc) is 2.68. The zero-order chi connectivity index (χ0) is 18.7. The molecule has 0 amide bonds. The maximum atomic E-state index is 8.91. The van der Waals surface area contributed by atoms with Gasteiger partial charge in [0.05, 0.1) is 0 Å².